The molecule has 0 bridgehead atoms. The first-order valence-electron chi connectivity index (χ1n) is 7.98. The Morgan fingerprint density at radius 1 is 1.26 bits per heavy atom. The SMILES string of the molecule is CN1C(=O)[C@H]2ON3[C@@H](C[Se]c4ccccc4)CC[C@]3(C)[C@H]2C1=O. The van der Waals surface area contributed by atoms with Crippen molar-refractivity contribution in [3.63, 3.8) is 0 Å². The number of likely N-dealkylation sites (N-methyl/N-ethyl adjacent to an activating group) is 1. The van der Waals surface area contributed by atoms with Crippen LogP contribution < -0.4 is 4.46 Å². The number of carbonyl (C=O) groups excluding carboxylic acids is 2. The molecule has 0 saturated carbocycles. The molecule has 4 rings (SSSR count). The minimum absolute atomic E-state index is 0.0841. The van der Waals surface area contributed by atoms with E-state index in [0.29, 0.717) is 21.0 Å². The van der Waals surface area contributed by atoms with E-state index in [-0.39, 0.29) is 23.3 Å². The van der Waals surface area contributed by atoms with Crippen molar-refractivity contribution in [3.05, 3.63) is 30.3 Å². The monoisotopic (exact) mass is 380 g/mol. The Hall–Kier alpha value is -1.20. The summed E-state index contributed by atoms with van der Waals surface area (Å²) in [6.07, 6.45) is 1.33. The van der Waals surface area contributed by atoms with E-state index in [2.05, 4.69) is 31.2 Å². The van der Waals surface area contributed by atoms with Crippen LogP contribution in [0.15, 0.2) is 30.3 Å². The number of likely N-dealkylation sites (tertiary alicyclic amines) is 1. The van der Waals surface area contributed by atoms with E-state index in [0.717, 1.165) is 18.2 Å². The topological polar surface area (TPSA) is 49.9 Å². The van der Waals surface area contributed by atoms with Crippen LogP contribution in [0.1, 0.15) is 19.8 Å². The van der Waals surface area contributed by atoms with Crippen molar-refractivity contribution < 1.29 is 14.4 Å². The minimum atomic E-state index is -0.607. The third-order valence-electron chi connectivity index (χ3n) is 5.37. The van der Waals surface area contributed by atoms with Crippen LogP contribution >= 0.6 is 0 Å². The fourth-order valence-corrected chi connectivity index (χ4v) is 6.24. The molecule has 0 aromatic heterocycles. The van der Waals surface area contributed by atoms with E-state index in [9.17, 15) is 9.59 Å². The molecule has 23 heavy (non-hydrogen) atoms. The van der Waals surface area contributed by atoms with Crippen molar-refractivity contribution in [2.45, 2.75) is 42.8 Å². The van der Waals surface area contributed by atoms with Gasteiger partial charge in [0.2, 0.25) is 0 Å². The quantitative estimate of drug-likeness (QED) is 0.570. The van der Waals surface area contributed by atoms with Gasteiger partial charge in [0.25, 0.3) is 0 Å². The number of amides is 2. The van der Waals surface area contributed by atoms with Crippen LogP contribution in [-0.2, 0) is 14.4 Å². The van der Waals surface area contributed by atoms with Gasteiger partial charge < -0.3 is 0 Å². The molecule has 3 heterocycles. The van der Waals surface area contributed by atoms with Crippen molar-refractivity contribution in [3.8, 4) is 0 Å². The van der Waals surface area contributed by atoms with Gasteiger partial charge in [-0.2, -0.15) is 0 Å². The van der Waals surface area contributed by atoms with Gasteiger partial charge in [-0.25, -0.2) is 0 Å². The Labute approximate surface area is 142 Å². The molecule has 5 nitrogen and oxygen atoms in total. The van der Waals surface area contributed by atoms with Crippen molar-refractivity contribution in [2.75, 3.05) is 7.05 Å². The number of hydroxylamine groups is 2. The molecular weight excluding hydrogens is 359 g/mol. The second-order valence-corrected chi connectivity index (χ2v) is 9.03. The van der Waals surface area contributed by atoms with E-state index >= 15 is 0 Å². The van der Waals surface area contributed by atoms with E-state index in [4.69, 9.17) is 4.84 Å². The number of hydrogen-bond acceptors (Lipinski definition) is 4. The van der Waals surface area contributed by atoms with Gasteiger partial charge >= 0.3 is 142 Å². The zero-order chi connectivity index (χ0) is 16.2. The second-order valence-electron chi connectivity index (χ2n) is 6.74. The molecule has 3 saturated heterocycles. The van der Waals surface area contributed by atoms with Gasteiger partial charge in [0.1, 0.15) is 0 Å². The molecule has 3 aliphatic heterocycles. The fourth-order valence-electron chi connectivity index (χ4n) is 4.06. The Bertz CT molecular complexity index is 652. The van der Waals surface area contributed by atoms with Crippen molar-refractivity contribution in [1.29, 1.82) is 0 Å². The first kappa shape index (κ1) is 15.3. The summed E-state index contributed by atoms with van der Waals surface area (Å²) in [6.45, 7) is 2.08. The molecule has 3 aliphatic rings. The molecule has 0 aliphatic carbocycles. The summed E-state index contributed by atoms with van der Waals surface area (Å²) in [5, 5.41) is 3.04. The van der Waals surface area contributed by atoms with Gasteiger partial charge in [-0.15, -0.1) is 0 Å². The Kier molecular flexibility index (Phi) is 3.61. The van der Waals surface area contributed by atoms with E-state index in [1.165, 1.54) is 9.36 Å². The average molecular weight is 379 g/mol. The van der Waals surface area contributed by atoms with Crippen LogP contribution in [-0.4, -0.2) is 61.5 Å². The number of imide groups is 1. The molecule has 0 N–H and O–H groups in total. The standard InChI is InChI=1S/C17H20N2O3Se/c1-17-9-8-11(10-23-12-6-4-3-5-7-12)19(17)22-14-13(17)15(20)18(2)16(14)21/h3-7,11,13-14H,8-10H2,1-2H3/t11-,13-,14+,17-/m1/s1. The maximum atomic E-state index is 12.4. The fraction of sp³-hybridized carbons (Fsp3) is 0.529. The van der Waals surface area contributed by atoms with E-state index in [1.54, 1.807) is 7.05 Å². The van der Waals surface area contributed by atoms with Gasteiger partial charge in [0.05, 0.1) is 0 Å². The van der Waals surface area contributed by atoms with Gasteiger partial charge in [-0.1, -0.05) is 0 Å². The predicted octanol–water partition coefficient (Wildman–Crippen LogP) is 0.586. The van der Waals surface area contributed by atoms with Crippen molar-refractivity contribution >= 4 is 31.2 Å². The molecule has 0 unspecified atom stereocenters. The number of hydrogen-bond donors (Lipinski definition) is 0. The second kappa shape index (κ2) is 5.42. The van der Waals surface area contributed by atoms with Crippen LogP contribution in [0.5, 0.6) is 0 Å². The summed E-state index contributed by atoms with van der Waals surface area (Å²) in [4.78, 5) is 31.9. The number of fused-ring (bicyclic) bond motifs is 3. The van der Waals surface area contributed by atoms with Crippen LogP contribution in [0.2, 0.25) is 5.32 Å². The summed E-state index contributed by atoms with van der Waals surface area (Å²) in [5.74, 6) is -0.614. The first-order chi connectivity index (χ1) is 11.0. The maximum absolute atomic E-state index is 12.4. The van der Waals surface area contributed by atoms with E-state index in [1.807, 2.05) is 11.1 Å². The third-order valence-corrected chi connectivity index (χ3v) is 7.80. The summed E-state index contributed by atoms with van der Waals surface area (Å²) in [7, 11) is 1.56. The zero-order valence-electron chi connectivity index (χ0n) is 13.3. The zero-order valence-corrected chi connectivity index (χ0v) is 15.0. The molecule has 6 heteroatoms. The normalized spacial score (nSPS) is 36.6. The van der Waals surface area contributed by atoms with Crippen LogP contribution in [0.3, 0.4) is 0 Å². The van der Waals surface area contributed by atoms with Gasteiger partial charge in [0, 0.05) is 0 Å². The Morgan fingerprint density at radius 3 is 2.74 bits per heavy atom. The summed E-state index contributed by atoms with van der Waals surface area (Å²) >= 11 is 0.378. The Morgan fingerprint density at radius 2 is 2.00 bits per heavy atom. The van der Waals surface area contributed by atoms with Gasteiger partial charge in [-0.3, -0.25) is 0 Å². The molecule has 1 aromatic rings. The predicted molar refractivity (Wildman–Crippen MR) is 86.0 cm³/mol. The molecule has 122 valence electrons. The molecule has 4 atom stereocenters. The van der Waals surface area contributed by atoms with E-state index < -0.39 is 6.10 Å². The molecular formula is C17H20N2O3Se. The summed E-state index contributed by atoms with van der Waals surface area (Å²) in [5.41, 5.74) is -0.334. The third kappa shape index (κ3) is 2.20. The Balaban J connectivity index is 1.51. The molecule has 0 radical (unpaired) electrons. The number of rotatable bonds is 3. The van der Waals surface area contributed by atoms with Gasteiger partial charge in [-0.05, 0) is 0 Å². The first-order valence-corrected chi connectivity index (χ1v) is 10.0. The van der Waals surface area contributed by atoms with Crippen LogP contribution in [0, 0.1) is 5.92 Å². The van der Waals surface area contributed by atoms with Gasteiger partial charge in [0.15, 0.2) is 0 Å². The number of carbonyl (C=O) groups is 2. The summed E-state index contributed by atoms with van der Waals surface area (Å²) < 4.78 is 1.37. The molecule has 3 fully saturated rings. The average Bonchev–Trinajstić information content (AvgIpc) is 3.10. The summed E-state index contributed by atoms with van der Waals surface area (Å²) in [6, 6.07) is 10.8. The molecule has 1 aromatic carbocycles. The number of benzene rings is 1. The van der Waals surface area contributed by atoms with Crippen LogP contribution in [0.25, 0.3) is 0 Å². The number of nitrogens with zero attached hydrogens (tertiary/aromatic N) is 2. The molecule has 2 amide bonds. The molecule has 0 spiro atoms. The van der Waals surface area contributed by atoms with Crippen molar-refractivity contribution in [1.82, 2.24) is 9.96 Å². The van der Waals surface area contributed by atoms with Crippen molar-refractivity contribution in [2.24, 2.45) is 5.92 Å². The van der Waals surface area contributed by atoms with Crippen LogP contribution in [0.4, 0.5) is 0 Å².